The predicted molar refractivity (Wildman–Crippen MR) is 200 cm³/mol. The van der Waals surface area contributed by atoms with Crippen molar-refractivity contribution >= 4 is 47.6 Å². The molecule has 0 aliphatic carbocycles. The van der Waals surface area contributed by atoms with Crippen molar-refractivity contribution in [3.63, 3.8) is 0 Å². The number of amides is 2. The van der Waals surface area contributed by atoms with Gasteiger partial charge in [0, 0.05) is 27.7 Å². The van der Waals surface area contributed by atoms with Crippen molar-refractivity contribution in [2.45, 2.75) is 145 Å². The molecule has 0 aromatic rings. The summed E-state index contributed by atoms with van der Waals surface area (Å²) in [7, 11) is 1.55. The van der Waals surface area contributed by atoms with Crippen molar-refractivity contribution in [1.82, 2.24) is 10.6 Å². The zero-order valence-corrected chi connectivity index (χ0v) is 37.0. The fraction of sp³-hybridized carbons (Fsp3) is 0.737. The highest BCUT2D eigenvalue weighted by molar-refractivity contribution is 5.83. The Balaban J connectivity index is 2.29. The third-order valence-corrected chi connectivity index (χ3v) is 9.79. The Morgan fingerprint density at radius 1 is 0.716 bits per heavy atom. The minimum Gasteiger partial charge on any atom is -0.465 e. The first kappa shape index (κ1) is 56.1. The molecular formula is C38H50F6N2O21. The van der Waals surface area contributed by atoms with Gasteiger partial charge in [-0.2, -0.15) is 26.3 Å². The van der Waals surface area contributed by atoms with E-state index in [0.29, 0.717) is 6.92 Å². The molecule has 2 amide bonds. The Morgan fingerprint density at radius 2 is 1.16 bits per heavy atom. The zero-order chi connectivity index (χ0) is 51.0. The molecule has 29 heteroatoms. The highest BCUT2D eigenvalue weighted by atomic mass is 19.4. The van der Waals surface area contributed by atoms with Gasteiger partial charge in [-0.15, -0.1) is 6.58 Å². The molecule has 3 N–H and O–H groups in total. The van der Waals surface area contributed by atoms with Gasteiger partial charge in [0.25, 0.3) is 11.6 Å². The topological polar surface area (TPSA) is 292 Å². The summed E-state index contributed by atoms with van der Waals surface area (Å²) in [5.74, 6) is -20.8. The van der Waals surface area contributed by atoms with Crippen LogP contribution in [-0.4, -0.2) is 177 Å². The van der Waals surface area contributed by atoms with E-state index in [-0.39, 0.29) is 0 Å². The second-order valence-electron chi connectivity index (χ2n) is 15.3. The lowest BCUT2D eigenvalue weighted by molar-refractivity contribution is -0.327. The van der Waals surface area contributed by atoms with Crippen LogP contribution >= 0.6 is 0 Å². The Kier molecular flexibility index (Phi) is 18.7. The number of carbonyl (C=O) groups excluding carboxylic acids is 8. The third-order valence-electron chi connectivity index (χ3n) is 9.79. The molecule has 12 atom stereocenters. The highest BCUT2D eigenvalue weighted by Crippen LogP contribution is 2.41. The molecule has 67 heavy (non-hydrogen) atoms. The SMILES string of the molecule is C=CCO[C@]1(C(=O)OC)C[C@H](OC(C)=O)[C@@H](NC(=O)C(F)(F)F)[C@H]([C@H](OC(C)=O)[C@H](O)CO[C@]2(C(=O)OC)C[C@H](OC(C)=O)[C@@H](NC(=O)C(F)(F)F)[C@H]([C@H](OC(C)=O)[C@H]3COC(C)(C)O3)O2)O1. The van der Waals surface area contributed by atoms with Crippen molar-refractivity contribution in [3.8, 4) is 0 Å². The van der Waals surface area contributed by atoms with E-state index < -0.39 is 171 Å². The second-order valence-corrected chi connectivity index (χ2v) is 15.3. The van der Waals surface area contributed by atoms with Crippen molar-refractivity contribution in [2.24, 2.45) is 0 Å². The lowest BCUT2D eigenvalue weighted by Gasteiger charge is -2.49. The van der Waals surface area contributed by atoms with Crippen molar-refractivity contribution in [2.75, 3.05) is 34.0 Å². The van der Waals surface area contributed by atoms with Gasteiger partial charge in [-0.25, -0.2) is 9.59 Å². The van der Waals surface area contributed by atoms with Crippen LogP contribution in [0.4, 0.5) is 26.3 Å². The number of aliphatic hydroxyl groups is 1. The normalized spacial score (nSPS) is 29.7. The number of methoxy groups -OCH3 is 2. The van der Waals surface area contributed by atoms with Crippen LogP contribution in [0.3, 0.4) is 0 Å². The quantitative estimate of drug-likeness (QED) is 0.0697. The van der Waals surface area contributed by atoms with Crippen molar-refractivity contribution in [1.29, 1.82) is 0 Å². The van der Waals surface area contributed by atoms with Gasteiger partial charge < -0.3 is 72.6 Å². The number of hydrogen-bond donors (Lipinski definition) is 3. The Morgan fingerprint density at radius 3 is 1.55 bits per heavy atom. The molecule has 0 radical (unpaired) electrons. The Bertz CT molecular complexity index is 1870. The summed E-state index contributed by atoms with van der Waals surface area (Å²) in [6.45, 7) is 6.79. The first-order valence-electron chi connectivity index (χ1n) is 19.7. The molecule has 3 fully saturated rings. The first-order chi connectivity index (χ1) is 30.8. The zero-order valence-electron chi connectivity index (χ0n) is 37.0. The molecule has 23 nitrogen and oxygen atoms in total. The van der Waals surface area contributed by atoms with Crippen molar-refractivity contribution < 1.29 is 127 Å². The average molecular weight is 985 g/mol. The molecule has 3 aliphatic rings. The van der Waals surface area contributed by atoms with Gasteiger partial charge in [-0.05, 0) is 13.8 Å². The van der Waals surface area contributed by atoms with Crippen LogP contribution in [-0.2, 0) is 95.2 Å². The van der Waals surface area contributed by atoms with Crippen LogP contribution in [0.1, 0.15) is 54.4 Å². The number of halogens is 6. The molecule has 3 heterocycles. The van der Waals surface area contributed by atoms with E-state index >= 15 is 0 Å². The molecule has 3 aliphatic heterocycles. The molecule has 0 spiro atoms. The Labute approximate surface area is 376 Å². The average Bonchev–Trinajstić information content (AvgIpc) is 3.58. The smallest absolute Gasteiger partial charge is 0.465 e. The molecule has 3 saturated heterocycles. The fourth-order valence-electron chi connectivity index (χ4n) is 7.27. The van der Waals surface area contributed by atoms with Crippen LogP contribution in [0.5, 0.6) is 0 Å². The summed E-state index contributed by atoms with van der Waals surface area (Å²) in [6.07, 6.45) is -29.9. The summed E-state index contributed by atoms with van der Waals surface area (Å²) in [5.41, 5.74) is 0. The van der Waals surface area contributed by atoms with E-state index in [4.69, 9.17) is 56.8 Å². The van der Waals surface area contributed by atoms with Gasteiger partial charge >= 0.3 is 60.0 Å². The van der Waals surface area contributed by atoms with Gasteiger partial charge in [0.15, 0.2) is 18.0 Å². The lowest BCUT2D eigenvalue weighted by Crippen LogP contribution is -2.71. The maximum absolute atomic E-state index is 13.9. The molecule has 380 valence electrons. The van der Waals surface area contributed by atoms with E-state index in [2.05, 4.69) is 6.58 Å². The molecule has 0 bridgehead atoms. The first-order valence-corrected chi connectivity index (χ1v) is 19.7. The number of esters is 6. The summed E-state index contributed by atoms with van der Waals surface area (Å²) in [6, 6.07) is -4.52. The van der Waals surface area contributed by atoms with Gasteiger partial charge in [0.1, 0.15) is 36.6 Å². The van der Waals surface area contributed by atoms with Gasteiger partial charge in [-0.1, -0.05) is 6.08 Å². The van der Waals surface area contributed by atoms with E-state index in [1.807, 2.05) is 0 Å². The summed E-state index contributed by atoms with van der Waals surface area (Å²) in [4.78, 5) is 102. The highest BCUT2D eigenvalue weighted by Gasteiger charge is 2.63. The number of ether oxygens (including phenoxy) is 12. The fourth-order valence-corrected chi connectivity index (χ4v) is 7.27. The summed E-state index contributed by atoms with van der Waals surface area (Å²) in [5, 5.41) is 15.0. The van der Waals surface area contributed by atoms with E-state index in [1.165, 1.54) is 19.2 Å². The molecule has 3 rings (SSSR count). The van der Waals surface area contributed by atoms with Crippen LogP contribution in [0.25, 0.3) is 0 Å². The van der Waals surface area contributed by atoms with Gasteiger partial charge in [0.2, 0.25) is 0 Å². The predicted octanol–water partition coefficient (Wildman–Crippen LogP) is -0.145. The number of hydrogen-bond acceptors (Lipinski definition) is 21. The molecule has 0 saturated carbocycles. The summed E-state index contributed by atoms with van der Waals surface area (Å²) < 4.78 is 148. The standard InChI is InChI=1S/C38H50F6N2O21/c1-10-11-58-35(32(54)56-8)12-21(61-16(2)47)24(45-30(52)37(39,40)41)28(66-35)26(63-18(4)49)20(51)14-60-36(33(55)57-9)13-22(62-17(3)48)25(46-31(53)38(42,43)44)29(67-36)27(64-19(5)50)23-15-59-34(6,7)65-23/h10,20-29,51H,1,11-15H2,2-9H3,(H,45,52)(H,46,53)/t20-,21+,22+,23-,24-,25-,26-,27-,28-,29-,35-,36-/m1/s1. The van der Waals surface area contributed by atoms with E-state index in [9.17, 15) is 69.8 Å². The summed E-state index contributed by atoms with van der Waals surface area (Å²) >= 11 is 0. The Hall–Kier alpha value is -5.20. The largest absolute Gasteiger partial charge is 0.471 e. The lowest BCUT2D eigenvalue weighted by atomic mass is 9.87. The monoisotopic (exact) mass is 984 g/mol. The maximum atomic E-state index is 13.9. The van der Waals surface area contributed by atoms with E-state index in [1.54, 1.807) is 5.32 Å². The maximum Gasteiger partial charge on any atom is 0.471 e. The van der Waals surface area contributed by atoms with Gasteiger partial charge in [0.05, 0.1) is 59.0 Å². The third kappa shape index (κ3) is 14.4. The van der Waals surface area contributed by atoms with Crippen LogP contribution in [0.15, 0.2) is 12.7 Å². The molecule has 0 aromatic carbocycles. The number of carbonyl (C=O) groups is 8. The number of nitrogens with one attached hydrogen (secondary N) is 2. The van der Waals surface area contributed by atoms with Crippen LogP contribution < -0.4 is 10.6 Å². The number of rotatable bonds is 18. The van der Waals surface area contributed by atoms with Crippen LogP contribution in [0, 0.1) is 0 Å². The number of aliphatic hydroxyl groups excluding tert-OH is 1. The van der Waals surface area contributed by atoms with E-state index in [0.717, 1.165) is 41.1 Å². The van der Waals surface area contributed by atoms with Gasteiger partial charge in [-0.3, -0.25) is 28.8 Å². The molecule has 0 aromatic heterocycles. The minimum absolute atomic E-state index is 0.483. The number of alkyl halides is 6. The van der Waals surface area contributed by atoms with Crippen molar-refractivity contribution in [3.05, 3.63) is 12.7 Å². The minimum atomic E-state index is -5.66. The second kappa shape index (κ2) is 22.3. The molecule has 0 unspecified atom stereocenters. The molecular weight excluding hydrogens is 934 g/mol. The van der Waals surface area contributed by atoms with Crippen LogP contribution in [0.2, 0.25) is 0 Å².